The van der Waals surface area contributed by atoms with Gasteiger partial charge in [0.2, 0.25) is 0 Å². The molecular formula is C15H16BrNO2. The number of benzene rings is 1. The maximum Gasteiger partial charge on any atom is 0.328 e. The number of carboxylic acid groups (broad SMARTS) is 1. The molecule has 0 bridgehead atoms. The van der Waals surface area contributed by atoms with Gasteiger partial charge in [-0.3, -0.25) is 0 Å². The Kier molecular flexibility index (Phi) is 6.09. The van der Waals surface area contributed by atoms with Crippen LogP contribution in [0.2, 0.25) is 0 Å². The Morgan fingerprint density at radius 2 is 1.95 bits per heavy atom. The summed E-state index contributed by atoms with van der Waals surface area (Å²) in [4.78, 5) is 12.6. The highest BCUT2D eigenvalue weighted by molar-refractivity contribution is 9.10. The van der Waals surface area contributed by atoms with Gasteiger partial charge in [0, 0.05) is 29.3 Å². The van der Waals surface area contributed by atoms with E-state index < -0.39 is 5.97 Å². The Hall–Kier alpha value is -1.81. The number of hydrogen-bond acceptors (Lipinski definition) is 2. The van der Waals surface area contributed by atoms with Gasteiger partial charge in [0.15, 0.2) is 0 Å². The van der Waals surface area contributed by atoms with E-state index in [1.807, 2.05) is 30.4 Å². The summed E-state index contributed by atoms with van der Waals surface area (Å²) in [7, 11) is 0. The Balaban J connectivity index is 2.99. The standard InChI is InChI=1S/C15H16BrNO2/c1-3-9-17(10-4-2)13-7-5-12(14(16)11-13)6-8-15(18)19/h3-8,11H,1-2,9-10H2,(H,18,19)/b8-6+. The van der Waals surface area contributed by atoms with Gasteiger partial charge in [-0.2, -0.15) is 0 Å². The first-order valence-corrected chi connectivity index (χ1v) is 6.55. The highest BCUT2D eigenvalue weighted by atomic mass is 79.9. The van der Waals surface area contributed by atoms with Gasteiger partial charge >= 0.3 is 5.97 Å². The molecule has 4 heteroatoms. The minimum atomic E-state index is -0.962. The van der Waals surface area contributed by atoms with Crippen LogP contribution in [0.15, 0.2) is 54.1 Å². The smallest absolute Gasteiger partial charge is 0.328 e. The van der Waals surface area contributed by atoms with Gasteiger partial charge in [0.1, 0.15) is 0 Å². The molecule has 0 heterocycles. The van der Waals surface area contributed by atoms with Crippen LogP contribution in [0.5, 0.6) is 0 Å². The summed E-state index contributed by atoms with van der Waals surface area (Å²) in [6.45, 7) is 8.92. The summed E-state index contributed by atoms with van der Waals surface area (Å²) >= 11 is 3.45. The van der Waals surface area contributed by atoms with Crippen molar-refractivity contribution in [1.29, 1.82) is 0 Å². The van der Waals surface area contributed by atoms with E-state index in [0.29, 0.717) is 0 Å². The molecule has 0 spiro atoms. The third kappa shape index (κ3) is 4.75. The van der Waals surface area contributed by atoms with Crippen molar-refractivity contribution in [2.24, 2.45) is 0 Å². The van der Waals surface area contributed by atoms with Crippen molar-refractivity contribution >= 4 is 33.7 Å². The molecule has 1 aromatic carbocycles. The van der Waals surface area contributed by atoms with Gasteiger partial charge in [-0.15, -0.1) is 13.2 Å². The molecule has 0 aromatic heterocycles. The molecule has 0 atom stereocenters. The van der Waals surface area contributed by atoms with Crippen molar-refractivity contribution in [3.8, 4) is 0 Å². The van der Waals surface area contributed by atoms with Crippen LogP contribution in [-0.4, -0.2) is 24.2 Å². The highest BCUT2D eigenvalue weighted by Crippen LogP contribution is 2.25. The summed E-state index contributed by atoms with van der Waals surface area (Å²) in [6, 6.07) is 5.77. The van der Waals surface area contributed by atoms with E-state index in [4.69, 9.17) is 5.11 Å². The second-order valence-corrected chi connectivity index (χ2v) is 4.71. The first-order valence-electron chi connectivity index (χ1n) is 5.75. The van der Waals surface area contributed by atoms with Crippen LogP contribution in [0.4, 0.5) is 5.69 Å². The summed E-state index contributed by atoms with van der Waals surface area (Å²) < 4.78 is 0.848. The minimum Gasteiger partial charge on any atom is -0.478 e. The second kappa shape index (κ2) is 7.59. The lowest BCUT2D eigenvalue weighted by atomic mass is 10.1. The maximum absolute atomic E-state index is 10.5. The summed E-state index contributed by atoms with van der Waals surface area (Å²) in [5.41, 5.74) is 1.85. The van der Waals surface area contributed by atoms with Crippen molar-refractivity contribution < 1.29 is 9.90 Å². The van der Waals surface area contributed by atoms with Gasteiger partial charge in [0.05, 0.1) is 0 Å². The van der Waals surface area contributed by atoms with Gasteiger partial charge < -0.3 is 10.0 Å². The van der Waals surface area contributed by atoms with Crippen LogP contribution < -0.4 is 4.90 Å². The van der Waals surface area contributed by atoms with Gasteiger partial charge in [-0.25, -0.2) is 4.79 Å². The number of hydrogen-bond donors (Lipinski definition) is 1. The van der Waals surface area contributed by atoms with Crippen LogP contribution in [-0.2, 0) is 4.79 Å². The molecule has 0 saturated heterocycles. The van der Waals surface area contributed by atoms with E-state index in [1.165, 1.54) is 0 Å². The topological polar surface area (TPSA) is 40.5 Å². The zero-order valence-corrected chi connectivity index (χ0v) is 12.1. The molecule has 0 unspecified atom stereocenters. The Morgan fingerprint density at radius 3 is 2.42 bits per heavy atom. The fourth-order valence-corrected chi connectivity index (χ4v) is 2.10. The number of nitrogens with zero attached hydrogens (tertiary/aromatic N) is 1. The molecule has 3 nitrogen and oxygen atoms in total. The average Bonchev–Trinajstić information content (AvgIpc) is 2.37. The zero-order valence-electron chi connectivity index (χ0n) is 10.6. The second-order valence-electron chi connectivity index (χ2n) is 3.86. The predicted octanol–water partition coefficient (Wildman–Crippen LogP) is 3.73. The van der Waals surface area contributed by atoms with Crippen molar-refractivity contribution in [3.63, 3.8) is 0 Å². The minimum absolute atomic E-state index is 0.725. The van der Waals surface area contributed by atoms with Crippen molar-refractivity contribution in [2.75, 3.05) is 18.0 Å². The first kappa shape index (κ1) is 15.2. The SMILES string of the molecule is C=CCN(CC=C)c1ccc(/C=C/C(=O)O)c(Br)c1. The molecule has 1 rings (SSSR count). The summed E-state index contributed by atoms with van der Waals surface area (Å²) in [5.74, 6) is -0.962. The van der Waals surface area contributed by atoms with Crippen LogP contribution in [0.3, 0.4) is 0 Å². The molecule has 0 aliphatic heterocycles. The van der Waals surface area contributed by atoms with E-state index in [0.717, 1.165) is 34.9 Å². The van der Waals surface area contributed by atoms with E-state index in [2.05, 4.69) is 34.0 Å². The van der Waals surface area contributed by atoms with E-state index in [9.17, 15) is 4.79 Å². The normalized spacial score (nSPS) is 10.4. The molecule has 0 aliphatic carbocycles. The number of anilines is 1. The van der Waals surface area contributed by atoms with E-state index in [-0.39, 0.29) is 0 Å². The molecule has 1 aromatic rings. The lowest BCUT2D eigenvalue weighted by Gasteiger charge is -2.22. The number of carbonyl (C=O) groups is 1. The molecule has 0 aliphatic rings. The largest absolute Gasteiger partial charge is 0.478 e. The molecule has 19 heavy (non-hydrogen) atoms. The maximum atomic E-state index is 10.5. The van der Waals surface area contributed by atoms with Crippen LogP contribution in [0.25, 0.3) is 6.08 Å². The highest BCUT2D eigenvalue weighted by Gasteiger charge is 2.05. The first-order chi connectivity index (χ1) is 9.08. The lowest BCUT2D eigenvalue weighted by molar-refractivity contribution is -0.131. The Labute approximate surface area is 121 Å². The van der Waals surface area contributed by atoms with Crippen molar-refractivity contribution in [1.82, 2.24) is 0 Å². The van der Waals surface area contributed by atoms with Gasteiger partial charge in [-0.1, -0.05) is 34.1 Å². The molecule has 100 valence electrons. The molecule has 1 N–H and O–H groups in total. The Bertz CT molecular complexity index is 499. The van der Waals surface area contributed by atoms with Gasteiger partial charge in [-0.05, 0) is 23.8 Å². The molecular weight excluding hydrogens is 306 g/mol. The molecule has 0 fully saturated rings. The average molecular weight is 322 g/mol. The summed E-state index contributed by atoms with van der Waals surface area (Å²) in [5, 5.41) is 8.62. The zero-order chi connectivity index (χ0) is 14.3. The van der Waals surface area contributed by atoms with Crippen molar-refractivity contribution in [3.05, 3.63) is 59.6 Å². The van der Waals surface area contributed by atoms with Crippen molar-refractivity contribution in [2.45, 2.75) is 0 Å². The molecule has 0 amide bonds. The number of halogens is 1. The monoisotopic (exact) mass is 321 g/mol. The third-order valence-corrected chi connectivity index (χ3v) is 3.14. The number of aliphatic carboxylic acids is 1. The Morgan fingerprint density at radius 1 is 1.32 bits per heavy atom. The van der Waals surface area contributed by atoms with Crippen LogP contribution >= 0.6 is 15.9 Å². The lowest BCUT2D eigenvalue weighted by Crippen LogP contribution is -2.22. The summed E-state index contributed by atoms with van der Waals surface area (Å²) in [6.07, 6.45) is 6.33. The number of carboxylic acids is 1. The quantitative estimate of drug-likeness (QED) is 0.614. The fraction of sp³-hybridized carbons (Fsp3) is 0.133. The fourth-order valence-electron chi connectivity index (χ4n) is 1.61. The van der Waals surface area contributed by atoms with Gasteiger partial charge in [0.25, 0.3) is 0 Å². The molecule has 0 radical (unpaired) electrons. The number of rotatable bonds is 7. The van der Waals surface area contributed by atoms with E-state index in [1.54, 1.807) is 6.08 Å². The predicted molar refractivity (Wildman–Crippen MR) is 83.4 cm³/mol. The third-order valence-electron chi connectivity index (χ3n) is 2.45. The van der Waals surface area contributed by atoms with E-state index >= 15 is 0 Å². The van der Waals surface area contributed by atoms with Crippen LogP contribution in [0, 0.1) is 0 Å². The molecule has 0 saturated carbocycles. The van der Waals surface area contributed by atoms with Crippen LogP contribution in [0.1, 0.15) is 5.56 Å².